The van der Waals surface area contributed by atoms with Crippen molar-refractivity contribution in [2.45, 2.75) is 19.8 Å². The number of methoxy groups -OCH3 is 2. The fourth-order valence-corrected chi connectivity index (χ4v) is 2.37. The number of nitrogens with zero attached hydrogens (tertiary/aromatic N) is 2. The van der Waals surface area contributed by atoms with E-state index in [0.29, 0.717) is 30.3 Å². The molecule has 0 bridgehead atoms. The Kier molecular flexibility index (Phi) is 6.64. The minimum Gasteiger partial charge on any atom is -0.493 e. The third kappa shape index (κ3) is 4.06. The first-order valence-electron chi connectivity index (χ1n) is 8.01. The van der Waals surface area contributed by atoms with E-state index in [9.17, 15) is 5.26 Å². The van der Waals surface area contributed by atoms with Crippen molar-refractivity contribution in [3.05, 3.63) is 23.9 Å². The van der Waals surface area contributed by atoms with Gasteiger partial charge in [0, 0.05) is 31.3 Å². The van der Waals surface area contributed by atoms with Crippen LogP contribution in [-0.4, -0.2) is 39.0 Å². The van der Waals surface area contributed by atoms with E-state index in [4.69, 9.17) is 14.2 Å². The summed E-state index contributed by atoms with van der Waals surface area (Å²) in [5.74, 6) is 1.22. The minimum absolute atomic E-state index is 0.427. The molecule has 0 atom stereocenters. The summed E-state index contributed by atoms with van der Waals surface area (Å²) in [5.41, 5.74) is 2.06. The van der Waals surface area contributed by atoms with Gasteiger partial charge in [-0.3, -0.25) is 4.98 Å². The lowest BCUT2D eigenvalue weighted by Crippen LogP contribution is -2.07. The van der Waals surface area contributed by atoms with Gasteiger partial charge in [-0.15, -0.1) is 0 Å². The van der Waals surface area contributed by atoms with Crippen molar-refractivity contribution in [2.24, 2.45) is 0 Å². The molecule has 1 N–H and O–H groups in total. The van der Waals surface area contributed by atoms with E-state index in [1.165, 1.54) is 0 Å². The average Bonchev–Trinajstić information content (AvgIpc) is 2.61. The Bertz CT molecular complexity index is 726. The van der Waals surface area contributed by atoms with Gasteiger partial charge in [-0.05, 0) is 12.5 Å². The maximum absolute atomic E-state index is 9.36. The van der Waals surface area contributed by atoms with Crippen LogP contribution in [0.5, 0.6) is 11.5 Å². The Balaban J connectivity index is 2.44. The molecule has 0 aliphatic rings. The summed E-state index contributed by atoms with van der Waals surface area (Å²) in [5, 5.41) is 13.6. The molecule has 1 heterocycles. The Morgan fingerprint density at radius 3 is 2.71 bits per heavy atom. The molecule has 2 aromatic rings. The largest absolute Gasteiger partial charge is 0.493 e. The zero-order valence-corrected chi connectivity index (χ0v) is 14.4. The quantitative estimate of drug-likeness (QED) is 0.711. The lowest BCUT2D eigenvalue weighted by Gasteiger charge is -2.15. The van der Waals surface area contributed by atoms with Crippen molar-refractivity contribution < 1.29 is 14.2 Å². The van der Waals surface area contributed by atoms with Crippen LogP contribution >= 0.6 is 0 Å². The molecule has 0 saturated heterocycles. The predicted molar refractivity (Wildman–Crippen MR) is 93.8 cm³/mol. The Morgan fingerprint density at radius 2 is 2.04 bits per heavy atom. The molecule has 1 aromatic carbocycles. The van der Waals surface area contributed by atoms with Crippen molar-refractivity contribution in [2.75, 3.05) is 39.3 Å². The van der Waals surface area contributed by atoms with Crippen molar-refractivity contribution in [3.8, 4) is 17.6 Å². The number of fused-ring (bicyclic) bond motifs is 1. The van der Waals surface area contributed by atoms with Crippen LogP contribution in [0, 0.1) is 11.3 Å². The molecule has 1 aromatic heterocycles. The van der Waals surface area contributed by atoms with Crippen LogP contribution in [0.25, 0.3) is 10.9 Å². The SMILES string of the molecule is CCCCNc1c(C#N)cnc2cc(OCCOC)c(OC)cc12. The summed E-state index contributed by atoms with van der Waals surface area (Å²) in [7, 11) is 3.22. The number of anilines is 1. The highest BCUT2D eigenvalue weighted by atomic mass is 16.5. The number of nitrogens with one attached hydrogen (secondary N) is 1. The third-order valence-corrected chi connectivity index (χ3v) is 3.65. The molecule has 6 nitrogen and oxygen atoms in total. The number of unbranched alkanes of at least 4 members (excludes halogenated alkanes) is 1. The Morgan fingerprint density at radius 1 is 1.21 bits per heavy atom. The smallest absolute Gasteiger partial charge is 0.163 e. The summed E-state index contributed by atoms with van der Waals surface area (Å²) in [6.07, 6.45) is 3.70. The standard InChI is InChI=1S/C18H23N3O3/c1-4-5-6-20-18-13(11-19)12-21-15-10-17(24-8-7-22-2)16(23-3)9-14(15)18/h9-10,12H,4-8H2,1-3H3,(H,20,21). The molecule has 0 unspecified atom stereocenters. The van der Waals surface area contributed by atoms with Crippen LogP contribution in [0.3, 0.4) is 0 Å². The number of pyridine rings is 1. The number of hydrogen-bond donors (Lipinski definition) is 1. The molecule has 0 spiro atoms. The van der Waals surface area contributed by atoms with Gasteiger partial charge in [-0.25, -0.2) is 0 Å². The van der Waals surface area contributed by atoms with Crippen molar-refractivity contribution in [1.29, 1.82) is 5.26 Å². The van der Waals surface area contributed by atoms with E-state index < -0.39 is 0 Å². The monoisotopic (exact) mass is 329 g/mol. The first-order chi connectivity index (χ1) is 11.7. The maximum atomic E-state index is 9.36. The first-order valence-corrected chi connectivity index (χ1v) is 8.01. The van der Waals surface area contributed by atoms with E-state index in [1.54, 1.807) is 20.4 Å². The molecule has 0 fully saturated rings. The molecule has 0 aliphatic carbocycles. The predicted octanol–water partition coefficient (Wildman–Crippen LogP) is 3.35. The number of rotatable bonds is 9. The second kappa shape index (κ2) is 8.94. The van der Waals surface area contributed by atoms with Gasteiger partial charge in [0.15, 0.2) is 11.5 Å². The number of aromatic nitrogens is 1. The van der Waals surface area contributed by atoms with Crippen LogP contribution in [0.1, 0.15) is 25.3 Å². The zero-order valence-electron chi connectivity index (χ0n) is 14.4. The lowest BCUT2D eigenvalue weighted by atomic mass is 10.1. The summed E-state index contributed by atoms with van der Waals surface area (Å²) in [6.45, 7) is 3.85. The fourth-order valence-electron chi connectivity index (χ4n) is 2.37. The van der Waals surface area contributed by atoms with Crippen LogP contribution in [0.15, 0.2) is 18.3 Å². The van der Waals surface area contributed by atoms with Crippen LogP contribution in [-0.2, 0) is 4.74 Å². The average molecular weight is 329 g/mol. The van der Waals surface area contributed by atoms with Gasteiger partial charge in [0.05, 0.1) is 30.5 Å². The molecule has 24 heavy (non-hydrogen) atoms. The van der Waals surface area contributed by atoms with Gasteiger partial charge in [0.25, 0.3) is 0 Å². The van der Waals surface area contributed by atoms with E-state index >= 15 is 0 Å². The van der Waals surface area contributed by atoms with Crippen LogP contribution in [0.2, 0.25) is 0 Å². The second-order valence-electron chi connectivity index (χ2n) is 5.30. The van der Waals surface area contributed by atoms with Crippen LogP contribution in [0.4, 0.5) is 5.69 Å². The molecule has 0 saturated carbocycles. The van der Waals surface area contributed by atoms with Gasteiger partial charge < -0.3 is 19.5 Å². The summed E-state index contributed by atoms with van der Waals surface area (Å²) in [6, 6.07) is 5.89. The second-order valence-corrected chi connectivity index (χ2v) is 5.30. The molecular weight excluding hydrogens is 306 g/mol. The van der Waals surface area contributed by atoms with E-state index in [2.05, 4.69) is 23.3 Å². The maximum Gasteiger partial charge on any atom is 0.163 e. The van der Waals surface area contributed by atoms with Crippen molar-refractivity contribution in [3.63, 3.8) is 0 Å². The normalized spacial score (nSPS) is 10.4. The molecule has 6 heteroatoms. The van der Waals surface area contributed by atoms with Gasteiger partial charge in [-0.1, -0.05) is 13.3 Å². The fraction of sp³-hybridized carbons (Fsp3) is 0.444. The molecule has 0 amide bonds. The number of benzene rings is 1. The molecule has 0 aliphatic heterocycles. The highest BCUT2D eigenvalue weighted by molar-refractivity contribution is 5.96. The van der Waals surface area contributed by atoms with E-state index in [-0.39, 0.29) is 0 Å². The van der Waals surface area contributed by atoms with Crippen molar-refractivity contribution in [1.82, 2.24) is 4.98 Å². The minimum atomic E-state index is 0.427. The highest BCUT2D eigenvalue weighted by Gasteiger charge is 2.14. The number of nitriles is 1. The van der Waals surface area contributed by atoms with Gasteiger partial charge in [0.1, 0.15) is 12.7 Å². The molecule has 0 radical (unpaired) electrons. The number of ether oxygens (including phenoxy) is 3. The van der Waals surface area contributed by atoms with Crippen LogP contribution < -0.4 is 14.8 Å². The number of hydrogen-bond acceptors (Lipinski definition) is 6. The van der Waals surface area contributed by atoms with Gasteiger partial charge in [0.2, 0.25) is 0 Å². The van der Waals surface area contributed by atoms with Crippen molar-refractivity contribution >= 4 is 16.6 Å². The summed E-state index contributed by atoms with van der Waals surface area (Å²) in [4.78, 5) is 4.38. The molecule has 2 rings (SSSR count). The van der Waals surface area contributed by atoms with Gasteiger partial charge in [-0.2, -0.15) is 5.26 Å². The Hall–Kier alpha value is -2.52. The van der Waals surface area contributed by atoms with E-state index in [1.807, 2.05) is 12.1 Å². The molecule has 128 valence electrons. The zero-order chi connectivity index (χ0) is 17.4. The summed E-state index contributed by atoms with van der Waals surface area (Å²) >= 11 is 0. The highest BCUT2D eigenvalue weighted by Crippen LogP contribution is 2.36. The lowest BCUT2D eigenvalue weighted by molar-refractivity contribution is 0.144. The summed E-state index contributed by atoms with van der Waals surface area (Å²) < 4.78 is 16.1. The van der Waals surface area contributed by atoms with E-state index in [0.717, 1.165) is 36.0 Å². The topological polar surface area (TPSA) is 76.4 Å². The molecular formula is C18H23N3O3. The first kappa shape index (κ1) is 17.8. The third-order valence-electron chi connectivity index (χ3n) is 3.65. The Labute approximate surface area is 142 Å². The van der Waals surface area contributed by atoms with Gasteiger partial charge >= 0.3 is 0 Å².